The Hall–Kier alpha value is -3.60. The molecule has 0 radical (unpaired) electrons. The van der Waals surface area contributed by atoms with Crippen molar-refractivity contribution in [3.63, 3.8) is 0 Å². The number of nitrogens with one attached hydrogen (secondary N) is 1. The van der Waals surface area contributed by atoms with E-state index in [0.717, 1.165) is 12.3 Å². The average molecular weight is 477 g/mol. The van der Waals surface area contributed by atoms with Crippen LogP contribution in [0.25, 0.3) is 11.1 Å². The number of pyridine rings is 2. The third-order valence-electron chi connectivity index (χ3n) is 4.36. The van der Waals surface area contributed by atoms with Gasteiger partial charge in [0.25, 0.3) is 0 Å². The number of carbonyl (C=O) groups excluding carboxylic acids is 1. The van der Waals surface area contributed by atoms with E-state index in [9.17, 15) is 17.8 Å². The Balaban J connectivity index is 1.86. The predicted octanol–water partition coefficient (Wildman–Crippen LogP) is 4.93. The number of carbonyl (C=O) groups is 1. The van der Waals surface area contributed by atoms with Gasteiger partial charge in [0.15, 0.2) is 0 Å². The maximum absolute atomic E-state index is 14.5. The minimum absolute atomic E-state index is 0.00209. The van der Waals surface area contributed by atoms with Crippen LogP contribution in [0, 0.1) is 11.6 Å². The van der Waals surface area contributed by atoms with Crippen molar-refractivity contribution in [2.45, 2.75) is 12.7 Å². The highest BCUT2D eigenvalue weighted by Gasteiger charge is 2.14. The molecular formula is C22H22F2N4O4S. The van der Waals surface area contributed by atoms with E-state index in [1.54, 1.807) is 19.1 Å². The van der Waals surface area contributed by atoms with Crippen molar-refractivity contribution in [2.75, 3.05) is 25.3 Å². The van der Waals surface area contributed by atoms with Crippen molar-refractivity contribution in [1.82, 2.24) is 9.97 Å². The molecule has 1 unspecified atom stereocenters. The van der Waals surface area contributed by atoms with E-state index < -0.39 is 27.5 Å². The molecule has 0 aliphatic rings. The fraction of sp³-hybridized carbons (Fsp3) is 0.227. The molecule has 1 N–H and O–H groups in total. The molecule has 3 rings (SSSR count). The van der Waals surface area contributed by atoms with Crippen LogP contribution in [0.5, 0.6) is 5.75 Å². The van der Waals surface area contributed by atoms with Crippen LogP contribution in [0.4, 0.5) is 25.2 Å². The Morgan fingerprint density at radius 1 is 1.12 bits per heavy atom. The Morgan fingerprint density at radius 3 is 2.61 bits per heavy atom. The number of nitrogens with zero attached hydrogens (tertiary/aromatic N) is 3. The minimum Gasteiger partial charge on any atom is -0.496 e. The van der Waals surface area contributed by atoms with Crippen molar-refractivity contribution in [2.24, 2.45) is 4.36 Å². The van der Waals surface area contributed by atoms with Crippen LogP contribution in [-0.4, -0.2) is 40.2 Å². The number of halogens is 2. The van der Waals surface area contributed by atoms with Crippen molar-refractivity contribution >= 4 is 27.5 Å². The maximum Gasteiger partial charge on any atom is 0.441 e. The SMILES string of the molecule is CCOC(=O)N=S(C)(=O)Cc1ccnc(Nc2cc(-c3ccc(F)cc3OC)c(F)cn2)c1. The molecule has 1 atom stereocenters. The fourth-order valence-corrected chi connectivity index (χ4v) is 4.24. The summed E-state index contributed by atoms with van der Waals surface area (Å²) in [4.78, 5) is 19.7. The first-order valence-corrected chi connectivity index (χ1v) is 11.9. The summed E-state index contributed by atoms with van der Waals surface area (Å²) in [5, 5.41) is 2.96. The summed E-state index contributed by atoms with van der Waals surface area (Å²) in [6.07, 6.45) is 3.00. The second kappa shape index (κ2) is 10.3. The zero-order chi connectivity index (χ0) is 24.0. The molecule has 174 valence electrons. The Morgan fingerprint density at radius 2 is 1.88 bits per heavy atom. The number of methoxy groups -OCH3 is 1. The van der Waals surface area contributed by atoms with Crippen molar-refractivity contribution in [1.29, 1.82) is 0 Å². The second-order valence-electron chi connectivity index (χ2n) is 6.96. The smallest absolute Gasteiger partial charge is 0.441 e. The van der Waals surface area contributed by atoms with E-state index in [1.165, 1.54) is 37.8 Å². The van der Waals surface area contributed by atoms with E-state index in [2.05, 4.69) is 19.6 Å². The first-order chi connectivity index (χ1) is 15.7. The lowest BCUT2D eigenvalue weighted by Crippen LogP contribution is -2.07. The molecule has 3 aromatic rings. The largest absolute Gasteiger partial charge is 0.496 e. The normalized spacial score (nSPS) is 12.5. The Bertz CT molecular complexity index is 1290. The van der Waals surface area contributed by atoms with Crippen molar-refractivity contribution < 1.29 is 27.3 Å². The molecule has 1 amide bonds. The molecule has 11 heteroatoms. The van der Waals surface area contributed by atoms with Gasteiger partial charge in [-0.15, -0.1) is 4.36 Å². The molecule has 8 nitrogen and oxygen atoms in total. The zero-order valence-electron chi connectivity index (χ0n) is 18.2. The monoisotopic (exact) mass is 476 g/mol. The molecule has 2 heterocycles. The maximum atomic E-state index is 14.5. The topological polar surface area (TPSA) is 103 Å². The summed E-state index contributed by atoms with van der Waals surface area (Å²) >= 11 is 0. The van der Waals surface area contributed by atoms with Crippen LogP contribution in [0.3, 0.4) is 0 Å². The first kappa shape index (κ1) is 24.1. The molecule has 2 aromatic heterocycles. The lowest BCUT2D eigenvalue weighted by atomic mass is 10.0. The summed E-state index contributed by atoms with van der Waals surface area (Å²) in [7, 11) is -1.50. The second-order valence-corrected chi connectivity index (χ2v) is 9.35. The highest BCUT2D eigenvalue weighted by atomic mass is 32.2. The van der Waals surface area contributed by atoms with E-state index >= 15 is 0 Å². The highest BCUT2D eigenvalue weighted by Crippen LogP contribution is 2.33. The predicted molar refractivity (Wildman–Crippen MR) is 121 cm³/mol. The van der Waals surface area contributed by atoms with Gasteiger partial charge in [-0.2, -0.15) is 0 Å². The molecule has 33 heavy (non-hydrogen) atoms. The number of benzene rings is 1. The first-order valence-electron chi connectivity index (χ1n) is 9.78. The van der Waals surface area contributed by atoms with E-state index in [-0.39, 0.29) is 29.5 Å². The molecule has 0 saturated carbocycles. The van der Waals surface area contributed by atoms with Gasteiger partial charge in [-0.3, -0.25) is 0 Å². The van der Waals surface area contributed by atoms with Gasteiger partial charge in [0, 0.05) is 29.6 Å². The van der Waals surface area contributed by atoms with Gasteiger partial charge in [-0.05, 0) is 42.8 Å². The highest BCUT2D eigenvalue weighted by molar-refractivity contribution is 7.92. The molecule has 0 bridgehead atoms. The van der Waals surface area contributed by atoms with E-state index in [4.69, 9.17) is 9.47 Å². The van der Waals surface area contributed by atoms with Gasteiger partial charge in [0.05, 0.1) is 35.4 Å². The summed E-state index contributed by atoms with van der Waals surface area (Å²) in [5.41, 5.74) is 1.12. The summed E-state index contributed by atoms with van der Waals surface area (Å²) in [6.45, 7) is 1.77. The molecule has 0 spiro atoms. The van der Waals surface area contributed by atoms with Crippen LogP contribution in [0.15, 0.2) is 53.2 Å². The van der Waals surface area contributed by atoms with Gasteiger partial charge in [0.1, 0.15) is 29.0 Å². The molecular weight excluding hydrogens is 454 g/mol. The lowest BCUT2D eigenvalue weighted by Gasteiger charge is -2.12. The van der Waals surface area contributed by atoms with E-state index in [0.29, 0.717) is 16.9 Å². The third kappa shape index (κ3) is 6.45. The molecule has 0 aliphatic carbocycles. The van der Waals surface area contributed by atoms with Gasteiger partial charge >= 0.3 is 6.09 Å². The number of hydrogen-bond acceptors (Lipinski definition) is 7. The molecule has 0 saturated heterocycles. The summed E-state index contributed by atoms with van der Waals surface area (Å²) in [5.74, 6) is -0.317. The van der Waals surface area contributed by atoms with Gasteiger partial charge in [0.2, 0.25) is 0 Å². The Kier molecular flexibility index (Phi) is 7.54. The lowest BCUT2D eigenvalue weighted by molar-refractivity contribution is 0.164. The molecule has 0 fully saturated rings. The van der Waals surface area contributed by atoms with Crippen LogP contribution >= 0.6 is 0 Å². The quantitative estimate of drug-likeness (QED) is 0.516. The number of hydrogen-bond donors (Lipinski definition) is 1. The Labute approximate surface area is 190 Å². The standard InChI is InChI=1S/C22H22F2N4O4S/c1-4-32-22(29)28-33(3,30)13-14-7-8-25-20(9-14)27-21-11-17(18(24)12-26-21)16-6-5-15(23)10-19(16)31-2/h5-12H,4,13H2,1-3H3,(H,25,26,27). The van der Waals surface area contributed by atoms with E-state index in [1.807, 2.05) is 0 Å². The number of rotatable bonds is 7. The number of ether oxygens (including phenoxy) is 2. The van der Waals surface area contributed by atoms with Gasteiger partial charge in [-0.1, -0.05) is 0 Å². The van der Waals surface area contributed by atoms with Crippen LogP contribution in [0.2, 0.25) is 0 Å². The molecule has 0 aliphatic heterocycles. The third-order valence-corrected chi connectivity index (χ3v) is 5.76. The minimum atomic E-state index is -2.87. The number of amides is 1. The number of aromatic nitrogens is 2. The molecule has 1 aromatic carbocycles. The zero-order valence-corrected chi connectivity index (χ0v) is 19.0. The number of anilines is 2. The van der Waals surface area contributed by atoms with Crippen LogP contribution in [0.1, 0.15) is 12.5 Å². The van der Waals surface area contributed by atoms with Gasteiger partial charge < -0.3 is 14.8 Å². The average Bonchev–Trinajstić information content (AvgIpc) is 2.75. The van der Waals surface area contributed by atoms with Crippen molar-refractivity contribution in [3.8, 4) is 16.9 Å². The fourth-order valence-electron chi connectivity index (χ4n) is 3.01. The van der Waals surface area contributed by atoms with Crippen LogP contribution < -0.4 is 10.1 Å². The summed E-state index contributed by atoms with van der Waals surface area (Å²) < 4.78 is 54.1. The summed E-state index contributed by atoms with van der Waals surface area (Å²) in [6, 6.07) is 8.49. The van der Waals surface area contributed by atoms with Crippen molar-refractivity contribution in [3.05, 3.63) is 66.0 Å². The van der Waals surface area contributed by atoms with Gasteiger partial charge in [-0.25, -0.2) is 27.8 Å². The van der Waals surface area contributed by atoms with Crippen LogP contribution in [-0.2, 0) is 20.2 Å².